The fourth-order valence-electron chi connectivity index (χ4n) is 1.70. The Morgan fingerprint density at radius 1 is 1.17 bits per heavy atom. The monoisotopic (exact) mass is 305 g/mol. The molecule has 0 radical (unpaired) electrons. The SMILES string of the molecule is CC(N)c1cc(OCc2ccccc2)ccc1Br. The largest absolute Gasteiger partial charge is 0.489 e. The highest BCUT2D eigenvalue weighted by atomic mass is 79.9. The Morgan fingerprint density at radius 3 is 2.56 bits per heavy atom. The van der Waals surface area contributed by atoms with Gasteiger partial charge in [-0.25, -0.2) is 0 Å². The van der Waals surface area contributed by atoms with Crippen LogP contribution in [-0.4, -0.2) is 0 Å². The van der Waals surface area contributed by atoms with Gasteiger partial charge < -0.3 is 10.5 Å². The van der Waals surface area contributed by atoms with E-state index in [0.29, 0.717) is 6.61 Å². The Kier molecular flexibility index (Phi) is 4.39. The molecule has 0 aliphatic carbocycles. The van der Waals surface area contributed by atoms with Crippen LogP contribution in [0.1, 0.15) is 24.1 Å². The zero-order valence-corrected chi connectivity index (χ0v) is 11.9. The van der Waals surface area contributed by atoms with Crippen molar-refractivity contribution in [2.45, 2.75) is 19.6 Å². The summed E-state index contributed by atoms with van der Waals surface area (Å²) in [6.45, 7) is 2.53. The molecule has 2 aromatic carbocycles. The molecule has 0 spiro atoms. The summed E-state index contributed by atoms with van der Waals surface area (Å²) in [4.78, 5) is 0. The van der Waals surface area contributed by atoms with Crippen LogP contribution in [0.25, 0.3) is 0 Å². The lowest BCUT2D eigenvalue weighted by Gasteiger charge is -2.12. The third kappa shape index (κ3) is 3.34. The van der Waals surface area contributed by atoms with E-state index in [2.05, 4.69) is 15.9 Å². The highest BCUT2D eigenvalue weighted by molar-refractivity contribution is 9.10. The van der Waals surface area contributed by atoms with Gasteiger partial charge in [0.05, 0.1) is 0 Å². The van der Waals surface area contributed by atoms with Crippen molar-refractivity contribution in [3.05, 3.63) is 64.1 Å². The van der Waals surface area contributed by atoms with E-state index in [1.54, 1.807) is 0 Å². The molecule has 0 heterocycles. The summed E-state index contributed by atoms with van der Waals surface area (Å²) in [6, 6.07) is 16.0. The molecule has 18 heavy (non-hydrogen) atoms. The Labute approximate surface area is 116 Å². The minimum Gasteiger partial charge on any atom is -0.489 e. The summed E-state index contributed by atoms with van der Waals surface area (Å²) in [5.74, 6) is 0.842. The predicted octanol–water partition coefficient (Wildman–Crippen LogP) is 4.05. The first kappa shape index (κ1) is 13.1. The Morgan fingerprint density at radius 2 is 1.89 bits per heavy atom. The van der Waals surface area contributed by atoms with Crippen LogP contribution in [0.15, 0.2) is 53.0 Å². The van der Waals surface area contributed by atoms with Crippen LogP contribution in [0.3, 0.4) is 0 Å². The second-order valence-corrected chi connectivity index (χ2v) is 5.10. The van der Waals surface area contributed by atoms with E-state index in [0.717, 1.165) is 21.3 Å². The highest BCUT2D eigenvalue weighted by Gasteiger charge is 2.06. The van der Waals surface area contributed by atoms with E-state index in [1.165, 1.54) is 0 Å². The number of nitrogens with two attached hydrogens (primary N) is 1. The van der Waals surface area contributed by atoms with Gasteiger partial charge in [0.1, 0.15) is 12.4 Å². The quantitative estimate of drug-likeness (QED) is 0.925. The second-order valence-electron chi connectivity index (χ2n) is 4.25. The summed E-state index contributed by atoms with van der Waals surface area (Å²) < 4.78 is 6.78. The third-order valence-electron chi connectivity index (χ3n) is 2.71. The number of rotatable bonds is 4. The Hall–Kier alpha value is -1.32. The molecular formula is C15H16BrNO. The van der Waals surface area contributed by atoms with Gasteiger partial charge in [0.25, 0.3) is 0 Å². The first-order chi connectivity index (χ1) is 8.66. The number of hydrogen-bond acceptors (Lipinski definition) is 2. The van der Waals surface area contributed by atoms with Crippen LogP contribution < -0.4 is 10.5 Å². The van der Waals surface area contributed by atoms with Gasteiger partial charge in [0, 0.05) is 10.5 Å². The summed E-state index contributed by atoms with van der Waals surface area (Å²) in [7, 11) is 0. The van der Waals surface area contributed by atoms with Crippen molar-refractivity contribution in [2.24, 2.45) is 5.73 Å². The molecule has 0 bridgehead atoms. The molecule has 3 heteroatoms. The smallest absolute Gasteiger partial charge is 0.120 e. The van der Waals surface area contributed by atoms with E-state index in [1.807, 2.05) is 55.5 Å². The Balaban J connectivity index is 2.08. The van der Waals surface area contributed by atoms with Gasteiger partial charge in [-0.1, -0.05) is 46.3 Å². The minimum atomic E-state index is -0.0142. The van der Waals surface area contributed by atoms with Gasteiger partial charge in [0.2, 0.25) is 0 Å². The van der Waals surface area contributed by atoms with Crippen molar-refractivity contribution in [3.63, 3.8) is 0 Å². The molecule has 2 aromatic rings. The van der Waals surface area contributed by atoms with Crippen molar-refractivity contribution in [1.82, 2.24) is 0 Å². The first-order valence-corrected chi connectivity index (χ1v) is 6.68. The van der Waals surface area contributed by atoms with E-state index < -0.39 is 0 Å². The highest BCUT2D eigenvalue weighted by Crippen LogP contribution is 2.27. The van der Waals surface area contributed by atoms with Gasteiger partial charge in [0.15, 0.2) is 0 Å². The maximum Gasteiger partial charge on any atom is 0.120 e. The lowest BCUT2D eigenvalue weighted by Crippen LogP contribution is -2.06. The molecule has 2 N–H and O–H groups in total. The third-order valence-corrected chi connectivity index (χ3v) is 3.43. The van der Waals surface area contributed by atoms with Crippen molar-refractivity contribution < 1.29 is 4.74 Å². The van der Waals surface area contributed by atoms with Gasteiger partial charge in [-0.05, 0) is 36.2 Å². The predicted molar refractivity (Wildman–Crippen MR) is 77.5 cm³/mol. The normalized spacial score (nSPS) is 12.2. The zero-order chi connectivity index (χ0) is 13.0. The average Bonchev–Trinajstić information content (AvgIpc) is 2.38. The molecule has 2 rings (SSSR count). The van der Waals surface area contributed by atoms with Gasteiger partial charge >= 0.3 is 0 Å². The average molecular weight is 306 g/mol. The molecule has 0 aliphatic heterocycles. The van der Waals surface area contributed by atoms with Gasteiger partial charge in [-0.15, -0.1) is 0 Å². The maximum atomic E-state index is 5.91. The number of ether oxygens (including phenoxy) is 1. The van der Waals surface area contributed by atoms with Crippen molar-refractivity contribution in [3.8, 4) is 5.75 Å². The summed E-state index contributed by atoms with van der Waals surface area (Å²) in [5.41, 5.74) is 8.12. The summed E-state index contributed by atoms with van der Waals surface area (Å²) >= 11 is 3.49. The van der Waals surface area contributed by atoms with Crippen LogP contribution >= 0.6 is 15.9 Å². The topological polar surface area (TPSA) is 35.2 Å². The summed E-state index contributed by atoms with van der Waals surface area (Å²) in [6.07, 6.45) is 0. The molecule has 0 amide bonds. The summed E-state index contributed by atoms with van der Waals surface area (Å²) in [5, 5.41) is 0. The number of benzene rings is 2. The molecule has 1 atom stereocenters. The lowest BCUT2D eigenvalue weighted by molar-refractivity contribution is 0.305. The van der Waals surface area contributed by atoms with E-state index in [-0.39, 0.29) is 6.04 Å². The van der Waals surface area contributed by atoms with Crippen LogP contribution in [0.5, 0.6) is 5.75 Å². The minimum absolute atomic E-state index is 0.0142. The fourth-order valence-corrected chi connectivity index (χ4v) is 2.31. The van der Waals surface area contributed by atoms with Crippen molar-refractivity contribution in [2.75, 3.05) is 0 Å². The molecule has 0 aliphatic rings. The molecule has 2 nitrogen and oxygen atoms in total. The molecule has 1 unspecified atom stereocenters. The van der Waals surface area contributed by atoms with E-state index >= 15 is 0 Å². The van der Waals surface area contributed by atoms with Crippen LogP contribution in [0.2, 0.25) is 0 Å². The van der Waals surface area contributed by atoms with E-state index in [4.69, 9.17) is 10.5 Å². The van der Waals surface area contributed by atoms with Crippen LogP contribution in [0, 0.1) is 0 Å². The molecule has 0 fully saturated rings. The zero-order valence-electron chi connectivity index (χ0n) is 10.3. The molecular weight excluding hydrogens is 290 g/mol. The second kappa shape index (κ2) is 6.03. The van der Waals surface area contributed by atoms with Gasteiger partial charge in [-0.2, -0.15) is 0 Å². The number of hydrogen-bond donors (Lipinski definition) is 1. The first-order valence-electron chi connectivity index (χ1n) is 5.88. The van der Waals surface area contributed by atoms with Gasteiger partial charge in [-0.3, -0.25) is 0 Å². The molecule has 0 saturated heterocycles. The molecule has 0 aromatic heterocycles. The van der Waals surface area contributed by atoms with Crippen molar-refractivity contribution >= 4 is 15.9 Å². The van der Waals surface area contributed by atoms with Crippen LogP contribution in [0.4, 0.5) is 0 Å². The molecule has 94 valence electrons. The lowest BCUT2D eigenvalue weighted by atomic mass is 10.1. The standard InChI is InChI=1S/C15H16BrNO/c1-11(17)14-9-13(7-8-15(14)16)18-10-12-5-3-2-4-6-12/h2-9,11H,10,17H2,1H3. The number of halogens is 1. The van der Waals surface area contributed by atoms with Crippen molar-refractivity contribution in [1.29, 1.82) is 0 Å². The molecule has 0 saturated carbocycles. The Bertz CT molecular complexity index is 511. The van der Waals surface area contributed by atoms with Crippen LogP contribution in [-0.2, 0) is 6.61 Å². The van der Waals surface area contributed by atoms with E-state index in [9.17, 15) is 0 Å². The fraction of sp³-hybridized carbons (Fsp3) is 0.200. The maximum absolute atomic E-state index is 5.91.